The number of carboxylic acids is 1. The highest BCUT2D eigenvalue weighted by atomic mass is 16.4. The van der Waals surface area contributed by atoms with Gasteiger partial charge in [0.05, 0.1) is 5.92 Å². The Bertz CT molecular complexity index is 269. The Labute approximate surface area is 75.4 Å². The molecule has 1 saturated carbocycles. The van der Waals surface area contributed by atoms with Crippen LogP contribution in [0.5, 0.6) is 0 Å². The molecule has 0 unspecified atom stereocenters. The highest BCUT2D eigenvalue weighted by Gasteiger charge is 2.47. The SMILES string of the molecule is NC(=O)[C@@H]1[C@@H](C(=O)[O-])[C@H]2C=C[C@@H]1C2. The molecule has 0 aromatic rings. The summed E-state index contributed by atoms with van der Waals surface area (Å²) in [5.41, 5.74) is 5.15. The normalized spacial score (nSPS) is 40.9. The Hall–Kier alpha value is -1.32. The molecule has 2 aliphatic carbocycles. The quantitative estimate of drug-likeness (QED) is 0.534. The molecule has 2 N–H and O–H groups in total. The molecule has 2 bridgehead atoms. The summed E-state index contributed by atoms with van der Waals surface area (Å²) in [6.07, 6.45) is 4.47. The summed E-state index contributed by atoms with van der Waals surface area (Å²) in [5.74, 6) is -2.96. The van der Waals surface area contributed by atoms with E-state index in [0.717, 1.165) is 6.42 Å². The van der Waals surface area contributed by atoms with Crippen LogP contribution in [0.15, 0.2) is 12.2 Å². The largest absolute Gasteiger partial charge is 0.550 e. The van der Waals surface area contributed by atoms with Crippen molar-refractivity contribution in [3.8, 4) is 0 Å². The Kier molecular flexibility index (Phi) is 1.65. The molecule has 4 heteroatoms. The van der Waals surface area contributed by atoms with E-state index in [4.69, 9.17) is 5.73 Å². The van der Waals surface area contributed by atoms with Gasteiger partial charge in [0.25, 0.3) is 0 Å². The zero-order valence-corrected chi connectivity index (χ0v) is 6.97. The lowest BCUT2D eigenvalue weighted by atomic mass is 9.83. The molecule has 0 spiro atoms. The average Bonchev–Trinajstić information content (AvgIpc) is 2.60. The lowest BCUT2D eigenvalue weighted by Gasteiger charge is -2.25. The van der Waals surface area contributed by atoms with Crippen LogP contribution in [0.25, 0.3) is 0 Å². The van der Waals surface area contributed by atoms with E-state index < -0.39 is 23.7 Å². The fourth-order valence-electron chi connectivity index (χ4n) is 2.53. The number of hydrogen-bond donors (Lipinski definition) is 1. The number of amides is 1. The number of carboxylic acid groups (broad SMARTS) is 1. The maximum atomic E-state index is 11.0. The van der Waals surface area contributed by atoms with Crippen LogP contribution >= 0.6 is 0 Å². The van der Waals surface area contributed by atoms with E-state index in [-0.39, 0.29) is 11.8 Å². The van der Waals surface area contributed by atoms with E-state index >= 15 is 0 Å². The summed E-state index contributed by atoms with van der Waals surface area (Å²) in [7, 11) is 0. The summed E-state index contributed by atoms with van der Waals surface area (Å²) in [6, 6.07) is 0. The maximum absolute atomic E-state index is 11.0. The summed E-state index contributed by atoms with van der Waals surface area (Å²) >= 11 is 0. The first-order valence-electron chi connectivity index (χ1n) is 4.29. The smallest absolute Gasteiger partial charge is 0.221 e. The van der Waals surface area contributed by atoms with Gasteiger partial charge in [0.2, 0.25) is 5.91 Å². The molecule has 1 fully saturated rings. The van der Waals surface area contributed by atoms with Crippen LogP contribution in [0.1, 0.15) is 6.42 Å². The van der Waals surface area contributed by atoms with Crippen molar-refractivity contribution >= 4 is 11.9 Å². The zero-order valence-electron chi connectivity index (χ0n) is 6.97. The highest BCUT2D eigenvalue weighted by Crippen LogP contribution is 2.47. The lowest BCUT2D eigenvalue weighted by molar-refractivity contribution is -0.313. The van der Waals surface area contributed by atoms with Crippen molar-refractivity contribution in [2.24, 2.45) is 29.4 Å². The van der Waals surface area contributed by atoms with Crippen molar-refractivity contribution in [3.05, 3.63) is 12.2 Å². The van der Waals surface area contributed by atoms with Gasteiger partial charge in [-0.1, -0.05) is 12.2 Å². The Morgan fingerprint density at radius 3 is 2.15 bits per heavy atom. The van der Waals surface area contributed by atoms with Gasteiger partial charge in [0.1, 0.15) is 0 Å². The van der Waals surface area contributed by atoms with Crippen LogP contribution in [-0.2, 0) is 9.59 Å². The first kappa shape index (κ1) is 8.29. The number of nitrogens with two attached hydrogens (primary N) is 1. The molecule has 1 amide bonds. The third kappa shape index (κ3) is 1.05. The number of fused-ring (bicyclic) bond motifs is 2. The van der Waals surface area contributed by atoms with Crippen molar-refractivity contribution in [2.75, 3.05) is 0 Å². The average molecular weight is 180 g/mol. The molecule has 0 aliphatic heterocycles. The monoisotopic (exact) mass is 180 g/mol. The summed E-state index contributed by atoms with van der Waals surface area (Å²) < 4.78 is 0. The van der Waals surface area contributed by atoms with Crippen LogP contribution < -0.4 is 10.8 Å². The van der Waals surface area contributed by atoms with Gasteiger partial charge in [0.15, 0.2) is 0 Å². The van der Waals surface area contributed by atoms with Crippen LogP contribution in [-0.4, -0.2) is 11.9 Å². The van der Waals surface area contributed by atoms with Crippen LogP contribution in [0.2, 0.25) is 0 Å². The molecule has 2 aliphatic rings. The fourth-order valence-corrected chi connectivity index (χ4v) is 2.53. The first-order valence-corrected chi connectivity index (χ1v) is 4.29. The van der Waals surface area contributed by atoms with E-state index in [1.54, 1.807) is 0 Å². The highest BCUT2D eigenvalue weighted by molar-refractivity contribution is 5.85. The van der Waals surface area contributed by atoms with Crippen molar-refractivity contribution in [1.29, 1.82) is 0 Å². The van der Waals surface area contributed by atoms with Gasteiger partial charge in [0, 0.05) is 11.9 Å². The van der Waals surface area contributed by atoms with Crippen LogP contribution in [0, 0.1) is 23.7 Å². The molecule has 0 saturated heterocycles. The fraction of sp³-hybridized carbons (Fsp3) is 0.556. The van der Waals surface area contributed by atoms with Gasteiger partial charge in [-0.05, 0) is 18.3 Å². The van der Waals surface area contributed by atoms with Crippen molar-refractivity contribution in [3.63, 3.8) is 0 Å². The minimum absolute atomic E-state index is 0.0189. The van der Waals surface area contributed by atoms with Gasteiger partial charge in [-0.15, -0.1) is 0 Å². The Morgan fingerprint density at radius 2 is 1.77 bits per heavy atom. The van der Waals surface area contributed by atoms with Gasteiger partial charge in [-0.3, -0.25) is 4.79 Å². The lowest BCUT2D eigenvalue weighted by Crippen LogP contribution is -2.43. The minimum atomic E-state index is -1.15. The first-order chi connectivity index (χ1) is 6.11. The molecule has 2 rings (SSSR count). The predicted octanol–water partition coefficient (Wildman–Crippen LogP) is -1.34. The third-order valence-corrected chi connectivity index (χ3v) is 3.06. The van der Waals surface area contributed by atoms with E-state index in [9.17, 15) is 14.7 Å². The number of aliphatic carboxylic acids is 1. The Balaban J connectivity index is 2.30. The second-order valence-electron chi connectivity index (χ2n) is 3.72. The summed E-state index contributed by atoms with van der Waals surface area (Å²) in [5, 5.41) is 10.8. The van der Waals surface area contributed by atoms with E-state index in [1.807, 2.05) is 12.2 Å². The zero-order chi connectivity index (χ0) is 9.59. The number of rotatable bonds is 2. The second kappa shape index (κ2) is 2.58. The molecule has 4 atom stereocenters. The summed E-state index contributed by atoms with van der Waals surface area (Å²) in [4.78, 5) is 21.8. The molecule has 0 heterocycles. The van der Waals surface area contributed by atoms with Gasteiger partial charge in [-0.2, -0.15) is 0 Å². The van der Waals surface area contributed by atoms with Crippen molar-refractivity contribution in [2.45, 2.75) is 6.42 Å². The number of primary amides is 1. The summed E-state index contributed by atoms with van der Waals surface area (Å²) in [6.45, 7) is 0. The van der Waals surface area contributed by atoms with Crippen molar-refractivity contribution in [1.82, 2.24) is 0 Å². The van der Waals surface area contributed by atoms with E-state index in [1.165, 1.54) is 0 Å². The van der Waals surface area contributed by atoms with Crippen molar-refractivity contribution < 1.29 is 14.7 Å². The standard InChI is InChI=1S/C9H11NO3/c10-8(11)6-4-1-2-5(3-4)7(6)9(12)13/h1-2,4-7H,3H2,(H2,10,11)(H,12,13)/p-1/t4-,5+,6+,7+/m1/s1. The van der Waals surface area contributed by atoms with Gasteiger partial charge in [-0.25, -0.2) is 0 Å². The van der Waals surface area contributed by atoms with Crippen LogP contribution in [0.4, 0.5) is 0 Å². The maximum Gasteiger partial charge on any atom is 0.221 e. The number of allylic oxidation sites excluding steroid dienone is 2. The molecule has 13 heavy (non-hydrogen) atoms. The molecular weight excluding hydrogens is 170 g/mol. The van der Waals surface area contributed by atoms with E-state index in [0.29, 0.717) is 0 Å². The second-order valence-corrected chi connectivity index (χ2v) is 3.72. The molecular formula is C9H10NO3-. The topological polar surface area (TPSA) is 83.2 Å². The number of carbonyl (C=O) groups excluding carboxylic acids is 2. The molecule has 70 valence electrons. The predicted molar refractivity (Wildman–Crippen MR) is 41.9 cm³/mol. The number of carbonyl (C=O) groups is 2. The van der Waals surface area contributed by atoms with E-state index in [2.05, 4.69) is 0 Å². The van der Waals surface area contributed by atoms with Gasteiger partial charge < -0.3 is 15.6 Å². The third-order valence-electron chi connectivity index (χ3n) is 3.06. The molecule has 0 aromatic heterocycles. The van der Waals surface area contributed by atoms with Gasteiger partial charge >= 0.3 is 0 Å². The molecule has 0 radical (unpaired) electrons. The molecule has 4 nitrogen and oxygen atoms in total. The van der Waals surface area contributed by atoms with Crippen LogP contribution in [0.3, 0.4) is 0 Å². The number of hydrogen-bond acceptors (Lipinski definition) is 3. The molecule has 0 aromatic carbocycles. The minimum Gasteiger partial charge on any atom is -0.550 e. The Morgan fingerprint density at radius 1 is 1.23 bits per heavy atom.